The normalized spacial score (nSPS) is 11.8. The predicted octanol–water partition coefficient (Wildman–Crippen LogP) is 7.74. The van der Waals surface area contributed by atoms with Crippen molar-refractivity contribution in [3.63, 3.8) is 0 Å². The Morgan fingerprint density at radius 1 is 0.719 bits per heavy atom. The van der Waals surface area contributed by atoms with Crippen LogP contribution in [-0.4, -0.2) is 6.54 Å². The predicted molar refractivity (Wildman–Crippen MR) is 133 cm³/mol. The van der Waals surface area contributed by atoms with Crippen LogP contribution in [0.1, 0.15) is 28.3 Å². The molecule has 162 valence electrons. The number of halogens is 1. The van der Waals surface area contributed by atoms with E-state index < -0.39 is 0 Å². The molecule has 4 aromatic rings. The Balaban J connectivity index is 1.76. The molecule has 0 fully saturated rings. The lowest BCUT2D eigenvalue weighted by Crippen LogP contribution is -2.28. The second-order valence-corrected chi connectivity index (χ2v) is 8.30. The molecule has 0 radical (unpaired) electrons. The van der Waals surface area contributed by atoms with Crippen LogP contribution in [0.3, 0.4) is 0 Å². The number of hydrogen-bond donors (Lipinski definition) is 1. The van der Waals surface area contributed by atoms with Gasteiger partial charge in [0.1, 0.15) is 5.82 Å². The van der Waals surface area contributed by atoms with Gasteiger partial charge < -0.3 is 10.2 Å². The highest BCUT2D eigenvalue weighted by Gasteiger charge is 2.20. The Morgan fingerprint density at radius 3 is 1.72 bits per heavy atom. The molecule has 0 heterocycles. The molecular formula is C29H29FN2. The fourth-order valence-corrected chi connectivity index (χ4v) is 4.27. The van der Waals surface area contributed by atoms with Crippen molar-refractivity contribution in [2.75, 3.05) is 16.8 Å². The van der Waals surface area contributed by atoms with Crippen LogP contribution in [0.4, 0.5) is 21.5 Å². The summed E-state index contributed by atoms with van der Waals surface area (Å²) in [6.07, 6.45) is 0. The van der Waals surface area contributed by atoms with Gasteiger partial charge in [0.05, 0.1) is 6.04 Å². The molecule has 0 aromatic heterocycles. The van der Waals surface area contributed by atoms with Crippen molar-refractivity contribution in [1.29, 1.82) is 0 Å². The van der Waals surface area contributed by atoms with Crippen LogP contribution in [0.15, 0.2) is 97.1 Å². The van der Waals surface area contributed by atoms with Gasteiger partial charge in [0.2, 0.25) is 0 Å². The van der Waals surface area contributed by atoms with Gasteiger partial charge in [-0.15, -0.1) is 0 Å². The van der Waals surface area contributed by atoms with E-state index in [4.69, 9.17) is 0 Å². The van der Waals surface area contributed by atoms with E-state index in [1.165, 1.54) is 28.8 Å². The second-order valence-electron chi connectivity index (χ2n) is 8.30. The number of para-hydroxylation sites is 2. The maximum Gasteiger partial charge on any atom is 0.123 e. The summed E-state index contributed by atoms with van der Waals surface area (Å²) in [5, 5.41) is 3.78. The highest BCUT2D eigenvalue weighted by molar-refractivity contribution is 5.65. The van der Waals surface area contributed by atoms with E-state index in [1.54, 1.807) is 0 Å². The Bertz CT molecular complexity index is 1090. The second kappa shape index (κ2) is 9.69. The molecule has 3 heteroatoms. The zero-order valence-electron chi connectivity index (χ0n) is 18.8. The van der Waals surface area contributed by atoms with E-state index >= 15 is 0 Å². The molecule has 32 heavy (non-hydrogen) atoms. The number of hydrogen-bond acceptors (Lipinski definition) is 2. The van der Waals surface area contributed by atoms with Crippen LogP contribution >= 0.6 is 0 Å². The van der Waals surface area contributed by atoms with E-state index in [0.717, 1.165) is 22.6 Å². The van der Waals surface area contributed by atoms with Crippen molar-refractivity contribution in [2.45, 2.75) is 26.8 Å². The van der Waals surface area contributed by atoms with Crippen LogP contribution in [0.25, 0.3) is 0 Å². The largest absolute Gasteiger partial charge is 0.376 e. The third-order valence-electron chi connectivity index (χ3n) is 5.77. The third kappa shape index (κ3) is 5.00. The van der Waals surface area contributed by atoms with Gasteiger partial charge in [-0.2, -0.15) is 0 Å². The van der Waals surface area contributed by atoms with Crippen molar-refractivity contribution in [1.82, 2.24) is 0 Å². The molecule has 0 saturated heterocycles. The minimum absolute atomic E-state index is 0.0453. The average molecular weight is 425 g/mol. The number of rotatable bonds is 7. The molecule has 2 nitrogen and oxygen atoms in total. The SMILES string of the molecule is Cc1cc(C)c(NC(CN(c2ccccc2)c2ccccc2)c2ccc(F)cc2)c(C)c1. The van der Waals surface area contributed by atoms with Gasteiger partial charge in [0, 0.05) is 23.6 Å². The number of benzene rings is 4. The molecule has 1 unspecified atom stereocenters. The summed E-state index contributed by atoms with van der Waals surface area (Å²) >= 11 is 0. The number of nitrogens with zero attached hydrogens (tertiary/aromatic N) is 1. The fourth-order valence-electron chi connectivity index (χ4n) is 4.27. The first kappa shape index (κ1) is 21.6. The number of anilines is 3. The van der Waals surface area contributed by atoms with Gasteiger partial charge in [-0.05, 0) is 73.9 Å². The zero-order chi connectivity index (χ0) is 22.5. The summed E-state index contributed by atoms with van der Waals surface area (Å²) in [6, 6.07) is 31.9. The molecule has 0 aliphatic carbocycles. The summed E-state index contributed by atoms with van der Waals surface area (Å²) < 4.78 is 13.7. The van der Waals surface area contributed by atoms with Crippen LogP contribution in [-0.2, 0) is 0 Å². The number of aryl methyl sites for hydroxylation is 3. The Hall–Kier alpha value is -3.59. The van der Waals surface area contributed by atoms with Crippen molar-refractivity contribution in [2.24, 2.45) is 0 Å². The minimum Gasteiger partial charge on any atom is -0.376 e. The van der Waals surface area contributed by atoms with E-state index in [9.17, 15) is 4.39 Å². The average Bonchev–Trinajstić information content (AvgIpc) is 2.80. The zero-order valence-corrected chi connectivity index (χ0v) is 18.8. The van der Waals surface area contributed by atoms with Gasteiger partial charge in [-0.3, -0.25) is 0 Å². The summed E-state index contributed by atoms with van der Waals surface area (Å²) in [5.41, 5.74) is 8.07. The maximum atomic E-state index is 13.7. The third-order valence-corrected chi connectivity index (χ3v) is 5.77. The minimum atomic E-state index is -0.224. The maximum absolute atomic E-state index is 13.7. The van der Waals surface area contributed by atoms with E-state index in [2.05, 4.69) is 91.7 Å². The molecular weight excluding hydrogens is 395 g/mol. The van der Waals surface area contributed by atoms with E-state index in [0.29, 0.717) is 6.54 Å². The van der Waals surface area contributed by atoms with Gasteiger partial charge >= 0.3 is 0 Å². The molecule has 0 spiro atoms. The fraction of sp³-hybridized carbons (Fsp3) is 0.172. The summed E-state index contributed by atoms with van der Waals surface area (Å²) in [4.78, 5) is 2.31. The molecule has 4 rings (SSSR count). The molecule has 1 atom stereocenters. The van der Waals surface area contributed by atoms with Crippen LogP contribution in [0.2, 0.25) is 0 Å². The lowest BCUT2D eigenvalue weighted by Gasteiger charge is -2.32. The molecule has 0 aliphatic heterocycles. The van der Waals surface area contributed by atoms with E-state index in [-0.39, 0.29) is 11.9 Å². The molecule has 4 aromatic carbocycles. The first-order chi connectivity index (χ1) is 15.5. The highest BCUT2D eigenvalue weighted by atomic mass is 19.1. The first-order valence-electron chi connectivity index (χ1n) is 11.0. The van der Waals surface area contributed by atoms with Crippen molar-refractivity contribution in [3.05, 3.63) is 125 Å². The van der Waals surface area contributed by atoms with Gasteiger partial charge in [-0.25, -0.2) is 4.39 Å². The van der Waals surface area contributed by atoms with E-state index in [1.807, 2.05) is 24.3 Å². The van der Waals surface area contributed by atoms with Crippen molar-refractivity contribution in [3.8, 4) is 0 Å². The lowest BCUT2D eigenvalue weighted by atomic mass is 10.0. The molecule has 0 aliphatic rings. The highest BCUT2D eigenvalue weighted by Crippen LogP contribution is 2.32. The Kier molecular flexibility index (Phi) is 6.55. The van der Waals surface area contributed by atoms with Crippen LogP contribution in [0.5, 0.6) is 0 Å². The Labute approximate surface area is 190 Å². The van der Waals surface area contributed by atoms with Gasteiger partial charge in [-0.1, -0.05) is 66.2 Å². The number of nitrogens with one attached hydrogen (secondary N) is 1. The summed E-state index contributed by atoms with van der Waals surface area (Å²) in [5.74, 6) is -0.224. The topological polar surface area (TPSA) is 15.3 Å². The summed E-state index contributed by atoms with van der Waals surface area (Å²) in [7, 11) is 0. The summed E-state index contributed by atoms with van der Waals surface area (Å²) in [6.45, 7) is 7.08. The molecule has 0 saturated carbocycles. The van der Waals surface area contributed by atoms with Gasteiger partial charge in [0.15, 0.2) is 0 Å². The molecule has 1 N–H and O–H groups in total. The first-order valence-corrected chi connectivity index (χ1v) is 11.0. The molecule has 0 bridgehead atoms. The smallest absolute Gasteiger partial charge is 0.123 e. The van der Waals surface area contributed by atoms with Crippen LogP contribution < -0.4 is 10.2 Å². The van der Waals surface area contributed by atoms with Crippen LogP contribution in [0, 0.1) is 26.6 Å². The monoisotopic (exact) mass is 424 g/mol. The van der Waals surface area contributed by atoms with Crippen molar-refractivity contribution < 1.29 is 4.39 Å². The molecule has 0 amide bonds. The quantitative estimate of drug-likeness (QED) is 0.326. The Morgan fingerprint density at radius 2 is 1.22 bits per heavy atom. The standard InChI is InChI=1S/C29H29FN2/c1-21-18-22(2)29(23(3)19-21)31-28(24-14-16-25(30)17-15-24)20-32(26-10-6-4-7-11-26)27-12-8-5-9-13-27/h4-19,28,31H,20H2,1-3H3. The lowest BCUT2D eigenvalue weighted by molar-refractivity contribution is 0.625. The van der Waals surface area contributed by atoms with Gasteiger partial charge in [0.25, 0.3) is 0 Å². The van der Waals surface area contributed by atoms with Crippen molar-refractivity contribution >= 4 is 17.1 Å².